The molecule has 1 aromatic heterocycles. The minimum atomic E-state index is 0. The molecule has 0 aliphatic rings. The molecule has 0 fully saturated rings. The fourth-order valence-electron chi connectivity index (χ4n) is 1.77. The van der Waals surface area contributed by atoms with Gasteiger partial charge in [0.15, 0.2) is 0 Å². The van der Waals surface area contributed by atoms with E-state index in [0.717, 1.165) is 12.2 Å². The Morgan fingerprint density at radius 2 is 2.15 bits per heavy atom. The number of methoxy groups -OCH3 is 1. The zero-order valence-corrected chi connectivity index (χ0v) is 13.2. The van der Waals surface area contributed by atoms with Gasteiger partial charge in [-0.15, -0.1) is 12.4 Å². The van der Waals surface area contributed by atoms with Gasteiger partial charge in [-0.2, -0.15) is 0 Å². The molecule has 1 amide bonds. The largest absolute Gasteiger partial charge is 0.397 e. The van der Waals surface area contributed by atoms with Crippen LogP contribution in [-0.2, 0) is 16.0 Å². The molecule has 0 spiro atoms. The zero-order chi connectivity index (χ0) is 14.3. The molecule has 1 aromatic rings. The quantitative estimate of drug-likeness (QED) is 0.833. The number of halogens is 1. The van der Waals surface area contributed by atoms with Crippen molar-refractivity contribution in [3.05, 3.63) is 24.0 Å². The smallest absolute Gasteiger partial charge is 0.228 e. The second-order valence-corrected chi connectivity index (χ2v) is 4.99. The molecule has 0 aliphatic carbocycles. The highest BCUT2D eigenvalue weighted by molar-refractivity contribution is 5.85. The van der Waals surface area contributed by atoms with Crippen LogP contribution in [-0.4, -0.2) is 42.6 Å². The van der Waals surface area contributed by atoms with Gasteiger partial charge in [0.25, 0.3) is 0 Å². The number of nitrogens with two attached hydrogens (primary N) is 1. The summed E-state index contributed by atoms with van der Waals surface area (Å²) in [6, 6.07) is 3.55. The van der Waals surface area contributed by atoms with Crippen LogP contribution in [0.5, 0.6) is 0 Å². The van der Waals surface area contributed by atoms with E-state index in [-0.39, 0.29) is 18.3 Å². The van der Waals surface area contributed by atoms with Crippen LogP contribution >= 0.6 is 12.4 Å². The van der Waals surface area contributed by atoms with E-state index in [0.29, 0.717) is 31.2 Å². The Bertz CT molecular complexity index is 396. The van der Waals surface area contributed by atoms with E-state index in [9.17, 15) is 4.79 Å². The molecular formula is C14H24ClN3O2. The molecule has 20 heavy (non-hydrogen) atoms. The summed E-state index contributed by atoms with van der Waals surface area (Å²) in [6.07, 6.45) is 1.88. The summed E-state index contributed by atoms with van der Waals surface area (Å²) in [5, 5.41) is 0. The molecule has 6 heteroatoms. The van der Waals surface area contributed by atoms with Crippen molar-refractivity contribution >= 4 is 24.0 Å². The van der Waals surface area contributed by atoms with Crippen LogP contribution in [0.4, 0.5) is 5.69 Å². The van der Waals surface area contributed by atoms with Crippen LogP contribution in [0.25, 0.3) is 0 Å². The lowest BCUT2D eigenvalue weighted by Gasteiger charge is -2.24. The number of hydrogen-bond acceptors (Lipinski definition) is 4. The highest BCUT2D eigenvalue weighted by Gasteiger charge is 2.15. The number of ether oxygens (including phenoxy) is 1. The second kappa shape index (κ2) is 9.55. The summed E-state index contributed by atoms with van der Waals surface area (Å²) < 4.78 is 5.04. The van der Waals surface area contributed by atoms with Crippen LogP contribution in [0.3, 0.4) is 0 Å². The highest BCUT2D eigenvalue weighted by atomic mass is 35.5. The first-order chi connectivity index (χ1) is 9.02. The maximum absolute atomic E-state index is 12.2. The van der Waals surface area contributed by atoms with E-state index in [4.69, 9.17) is 10.5 Å². The van der Waals surface area contributed by atoms with Gasteiger partial charge in [-0.25, -0.2) is 0 Å². The average molecular weight is 302 g/mol. The van der Waals surface area contributed by atoms with Crippen molar-refractivity contribution in [2.24, 2.45) is 5.92 Å². The van der Waals surface area contributed by atoms with E-state index >= 15 is 0 Å². The van der Waals surface area contributed by atoms with E-state index in [2.05, 4.69) is 18.8 Å². The fraction of sp³-hybridized carbons (Fsp3) is 0.571. The lowest BCUT2D eigenvalue weighted by atomic mass is 10.2. The molecule has 0 aromatic carbocycles. The van der Waals surface area contributed by atoms with Crippen molar-refractivity contribution in [2.75, 3.05) is 32.5 Å². The zero-order valence-electron chi connectivity index (χ0n) is 12.3. The van der Waals surface area contributed by atoms with Crippen LogP contribution in [0, 0.1) is 5.92 Å². The van der Waals surface area contributed by atoms with Crippen LogP contribution in [0.15, 0.2) is 18.3 Å². The molecule has 0 bridgehead atoms. The van der Waals surface area contributed by atoms with Crippen molar-refractivity contribution in [1.29, 1.82) is 0 Å². The summed E-state index contributed by atoms with van der Waals surface area (Å²) >= 11 is 0. The Labute approximate surface area is 126 Å². The number of rotatable bonds is 7. The van der Waals surface area contributed by atoms with Crippen LogP contribution in [0.1, 0.15) is 19.5 Å². The van der Waals surface area contributed by atoms with E-state index in [1.54, 1.807) is 25.4 Å². The van der Waals surface area contributed by atoms with Gasteiger partial charge in [0.05, 0.1) is 24.9 Å². The minimum absolute atomic E-state index is 0. The molecule has 5 nitrogen and oxygen atoms in total. The number of pyridine rings is 1. The summed E-state index contributed by atoms with van der Waals surface area (Å²) in [5.74, 6) is 0.503. The Balaban J connectivity index is 0.00000361. The number of carbonyl (C=O) groups is 1. The van der Waals surface area contributed by atoms with Crippen molar-refractivity contribution in [3.8, 4) is 0 Å². The van der Waals surface area contributed by atoms with Crippen molar-refractivity contribution in [3.63, 3.8) is 0 Å². The first-order valence-corrected chi connectivity index (χ1v) is 6.50. The lowest BCUT2D eigenvalue weighted by Crippen LogP contribution is -2.37. The van der Waals surface area contributed by atoms with Gasteiger partial charge in [0.1, 0.15) is 0 Å². The topological polar surface area (TPSA) is 68.5 Å². The third-order valence-electron chi connectivity index (χ3n) is 2.68. The number of nitrogen functional groups attached to an aromatic ring is 1. The second-order valence-electron chi connectivity index (χ2n) is 4.99. The Hall–Kier alpha value is -1.33. The van der Waals surface area contributed by atoms with Gasteiger partial charge in [-0.3, -0.25) is 9.78 Å². The first-order valence-electron chi connectivity index (χ1n) is 6.50. The molecular weight excluding hydrogens is 278 g/mol. The van der Waals surface area contributed by atoms with E-state index < -0.39 is 0 Å². The van der Waals surface area contributed by atoms with Gasteiger partial charge in [0, 0.05) is 25.9 Å². The van der Waals surface area contributed by atoms with Crippen molar-refractivity contribution < 1.29 is 9.53 Å². The van der Waals surface area contributed by atoms with E-state index in [1.165, 1.54) is 0 Å². The maximum atomic E-state index is 12.2. The molecule has 0 radical (unpaired) electrons. The Morgan fingerprint density at radius 3 is 2.65 bits per heavy atom. The van der Waals surface area contributed by atoms with E-state index in [1.807, 2.05) is 4.90 Å². The fourth-order valence-corrected chi connectivity index (χ4v) is 1.77. The number of aromatic nitrogens is 1. The SMILES string of the molecule is COCCN(CC(C)C)C(=O)Cc1ccc(N)cn1.Cl. The van der Waals surface area contributed by atoms with Gasteiger partial charge in [-0.05, 0) is 18.1 Å². The summed E-state index contributed by atoms with van der Waals surface area (Å²) in [6.45, 7) is 6.08. The predicted molar refractivity (Wildman–Crippen MR) is 82.9 cm³/mol. The van der Waals surface area contributed by atoms with Crippen molar-refractivity contribution in [1.82, 2.24) is 9.88 Å². The number of nitrogens with zero attached hydrogens (tertiary/aromatic N) is 2. The Kier molecular flexibility index (Phi) is 8.92. The molecule has 0 saturated carbocycles. The number of anilines is 1. The number of carbonyl (C=O) groups excluding carboxylic acids is 1. The lowest BCUT2D eigenvalue weighted by molar-refractivity contribution is -0.131. The number of amides is 1. The molecule has 2 N–H and O–H groups in total. The standard InChI is InChI=1S/C14H23N3O2.ClH/c1-11(2)10-17(6-7-19-3)14(18)8-13-5-4-12(15)9-16-13;/h4-5,9,11H,6-8,10,15H2,1-3H3;1H. The Morgan fingerprint density at radius 1 is 1.45 bits per heavy atom. The summed E-state index contributed by atoms with van der Waals surface area (Å²) in [5.41, 5.74) is 6.92. The minimum Gasteiger partial charge on any atom is -0.397 e. The van der Waals surface area contributed by atoms with Crippen molar-refractivity contribution in [2.45, 2.75) is 20.3 Å². The molecule has 0 saturated heterocycles. The van der Waals surface area contributed by atoms with Gasteiger partial charge < -0.3 is 15.4 Å². The van der Waals surface area contributed by atoms with Gasteiger partial charge in [0.2, 0.25) is 5.91 Å². The molecule has 0 atom stereocenters. The molecule has 114 valence electrons. The van der Waals surface area contributed by atoms with Gasteiger partial charge >= 0.3 is 0 Å². The highest BCUT2D eigenvalue weighted by Crippen LogP contribution is 2.06. The summed E-state index contributed by atoms with van der Waals surface area (Å²) in [7, 11) is 1.64. The normalized spacial score (nSPS) is 10.2. The molecule has 1 rings (SSSR count). The predicted octanol–water partition coefficient (Wildman–Crippen LogP) is 1.76. The molecule has 1 heterocycles. The monoisotopic (exact) mass is 301 g/mol. The third kappa shape index (κ3) is 6.73. The third-order valence-corrected chi connectivity index (χ3v) is 2.68. The summed E-state index contributed by atoms with van der Waals surface area (Å²) in [4.78, 5) is 18.2. The average Bonchev–Trinajstić information content (AvgIpc) is 2.36. The maximum Gasteiger partial charge on any atom is 0.228 e. The molecule has 0 unspecified atom stereocenters. The molecule has 0 aliphatic heterocycles. The van der Waals surface area contributed by atoms with Crippen LogP contribution in [0.2, 0.25) is 0 Å². The van der Waals surface area contributed by atoms with Gasteiger partial charge in [-0.1, -0.05) is 13.8 Å². The van der Waals surface area contributed by atoms with Crippen LogP contribution < -0.4 is 5.73 Å². The number of hydrogen-bond donors (Lipinski definition) is 1. The first kappa shape index (κ1) is 18.7.